The Balaban J connectivity index is 2.01. The predicted molar refractivity (Wildman–Crippen MR) is 81.1 cm³/mol. The van der Waals surface area contributed by atoms with Crippen LogP contribution in [0.15, 0.2) is 4.52 Å². The quantitative estimate of drug-likeness (QED) is 0.891. The van der Waals surface area contributed by atoms with E-state index in [0.29, 0.717) is 17.8 Å². The Morgan fingerprint density at radius 1 is 1.43 bits per heavy atom. The second-order valence-electron chi connectivity index (χ2n) is 6.71. The van der Waals surface area contributed by atoms with Gasteiger partial charge in [0.1, 0.15) is 6.10 Å². The normalized spacial score (nSPS) is 22.4. The average Bonchev–Trinajstić information content (AvgIpc) is 2.92. The van der Waals surface area contributed by atoms with Crippen molar-refractivity contribution in [3.8, 4) is 0 Å². The van der Waals surface area contributed by atoms with E-state index in [0.717, 1.165) is 32.7 Å². The smallest absolute Gasteiger partial charge is 0.228 e. The fourth-order valence-electron chi connectivity index (χ4n) is 2.64. The summed E-state index contributed by atoms with van der Waals surface area (Å²) in [7, 11) is 1.97. The second kappa shape index (κ2) is 6.85. The number of morpholine rings is 1. The highest BCUT2D eigenvalue weighted by Gasteiger charge is 2.28. The summed E-state index contributed by atoms with van der Waals surface area (Å²) in [5, 5.41) is 7.44. The Bertz CT molecular complexity index is 441. The summed E-state index contributed by atoms with van der Waals surface area (Å²) in [4.78, 5) is 6.88. The van der Waals surface area contributed by atoms with Crippen molar-refractivity contribution in [1.82, 2.24) is 20.4 Å². The van der Waals surface area contributed by atoms with Gasteiger partial charge >= 0.3 is 0 Å². The monoisotopic (exact) mass is 296 g/mol. The number of nitrogens with one attached hydrogen (secondary N) is 1. The molecule has 1 aliphatic heterocycles. The Morgan fingerprint density at radius 3 is 2.81 bits per heavy atom. The molecular weight excluding hydrogens is 268 g/mol. The molecule has 6 nitrogen and oxygen atoms in total. The van der Waals surface area contributed by atoms with Crippen molar-refractivity contribution in [2.45, 2.75) is 46.3 Å². The number of rotatable bonds is 5. The van der Waals surface area contributed by atoms with Gasteiger partial charge in [-0.1, -0.05) is 32.9 Å². The zero-order valence-corrected chi connectivity index (χ0v) is 13.8. The lowest BCUT2D eigenvalue weighted by molar-refractivity contribution is -0.0334. The minimum Gasteiger partial charge on any atom is -0.367 e. The van der Waals surface area contributed by atoms with Crippen LogP contribution >= 0.6 is 0 Å². The van der Waals surface area contributed by atoms with E-state index < -0.39 is 0 Å². The average molecular weight is 296 g/mol. The molecule has 0 bridgehead atoms. The molecule has 1 N–H and O–H groups in total. The van der Waals surface area contributed by atoms with Crippen LogP contribution in [0.3, 0.4) is 0 Å². The zero-order chi connectivity index (χ0) is 15.5. The largest absolute Gasteiger partial charge is 0.367 e. The molecule has 1 aromatic rings. The first-order valence-corrected chi connectivity index (χ1v) is 7.77. The first kappa shape index (κ1) is 16.4. The molecule has 21 heavy (non-hydrogen) atoms. The molecule has 1 aromatic heterocycles. The van der Waals surface area contributed by atoms with Crippen LogP contribution in [0.1, 0.15) is 45.5 Å². The fraction of sp³-hybridized carbons (Fsp3) is 0.867. The maximum atomic E-state index is 5.77. The molecule has 0 amide bonds. The van der Waals surface area contributed by atoms with Crippen LogP contribution in [0, 0.1) is 5.41 Å². The molecule has 2 rings (SSSR count). The van der Waals surface area contributed by atoms with Crippen molar-refractivity contribution in [3.63, 3.8) is 0 Å². The van der Waals surface area contributed by atoms with Gasteiger partial charge in [-0.25, -0.2) is 0 Å². The van der Waals surface area contributed by atoms with Crippen LogP contribution in [0.2, 0.25) is 0 Å². The van der Waals surface area contributed by atoms with E-state index >= 15 is 0 Å². The highest BCUT2D eigenvalue weighted by molar-refractivity contribution is 4.97. The first-order chi connectivity index (χ1) is 9.94. The lowest BCUT2D eigenvalue weighted by Crippen LogP contribution is -2.40. The van der Waals surface area contributed by atoms with Gasteiger partial charge in [0.05, 0.1) is 6.61 Å². The van der Waals surface area contributed by atoms with E-state index in [4.69, 9.17) is 9.26 Å². The van der Waals surface area contributed by atoms with Gasteiger partial charge in [0.25, 0.3) is 0 Å². The molecule has 2 heterocycles. The van der Waals surface area contributed by atoms with Gasteiger partial charge in [0, 0.05) is 25.6 Å². The summed E-state index contributed by atoms with van der Waals surface area (Å²) in [5.41, 5.74) is 0.143. The number of nitrogens with zero attached hydrogens (tertiary/aromatic N) is 3. The molecule has 2 atom stereocenters. The van der Waals surface area contributed by atoms with Crippen LogP contribution in [0.4, 0.5) is 0 Å². The standard InChI is InChI=1S/C15H28N4O2/c1-6-19-7-8-20-11(10-19)14-17-13(21-18-14)9-12(16-5)15(2,3)4/h11-12,16H,6-10H2,1-5H3. The second-order valence-corrected chi connectivity index (χ2v) is 6.71. The van der Waals surface area contributed by atoms with E-state index in [1.807, 2.05) is 7.05 Å². The SMILES string of the molecule is CCN1CCOC(c2noc(CC(NC)C(C)(C)C)n2)C1. The Kier molecular flexibility index (Phi) is 5.35. The number of likely N-dealkylation sites (N-methyl/N-ethyl adjacent to an activating group) is 2. The van der Waals surface area contributed by atoms with Crippen molar-refractivity contribution in [3.05, 3.63) is 11.7 Å². The number of aromatic nitrogens is 2. The zero-order valence-electron chi connectivity index (χ0n) is 13.8. The Morgan fingerprint density at radius 2 is 2.19 bits per heavy atom. The highest BCUT2D eigenvalue weighted by atomic mass is 16.5. The van der Waals surface area contributed by atoms with E-state index in [9.17, 15) is 0 Å². The van der Waals surface area contributed by atoms with Gasteiger partial charge < -0.3 is 14.6 Å². The Labute approximate surface area is 127 Å². The molecule has 1 saturated heterocycles. The topological polar surface area (TPSA) is 63.4 Å². The summed E-state index contributed by atoms with van der Waals surface area (Å²) in [6.45, 7) is 12.3. The van der Waals surface area contributed by atoms with Gasteiger partial charge in [-0.3, -0.25) is 4.90 Å². The predicted octanol–water partition coefficient (Wildman–Crippen LogP) is 1.64. The van der Waals surface area contributed by atoms with Crippen LogP contribution < -0.4 is 5.32 Å². The molecule has 0 saturated carbocycles. The molecule has 120 valence electrons. The lowest BCUT2D eigenvalue weighted by atomic mass is 9.85. The highest BCUT2D eigenvalue weighted by Crippen LogP contribution is 2.23. The summed E-state index contributed by atoms with van der Waals surface area (Å²) in [6, 6.07) is 0.296. The molecule has 0 aliphatic carbocycles. The van der Waals surface area contributed by atoms with E-state index in [1.54, 1.807) is 0 Å². The number of hydrogen-bond acceptors (Lipinski definition) is 6. The number of ether oxygens (including phenoxy) is 1. The first-order valence-electron chi connectivity index (χ1n) is 7.77. The van der Waals surface area contributed by atoms with Crippen molar-refractivity contribution in [1.29, 1.82) is 0 Å². The van der Waals surface area contributed by atoms with Crippen molar-refractivity contribution in [2.24, 2.45) is 5.41 Å². The maximum absolute atomic E-state index is 5.77. The minimum absolute atomic E-state index is 0.0705. The third-order valence-corrected chi connectivity index (χ3v) is 4.14. The van der Waals surface area contributed by atoms with Gasteiger partial charge in [-0.05, 0) is 19.0 Å². The molecule has 2 unspecified atom stereocenters. The third kappa shape index (κ3) is 4.25. The molecule has 6 heteroatoms. The van der Waals surface area contributed by atoms with Gasteiger partial charge in [0.2, 0.25) is 11.7 Å². The molecule has 0 spiro atoms. The van der Waals surface area contributed by atoms with E-state index in [1.165, 1.54) is 0 Å². The van der Waals surface area contributed by atoms with Gasteiger partial charge in [-0.15, -0.1) is 0 Å². The van der Waals surface area contributed by atoms with Crippen LogP contribution in [-0.4, -0.2) is 54.4 Å². The van der Waals surface area contributed by atoms with Crippen LogP contribution in [-0.2, 0) is 11.2 Å². The van der Waals surface area contributed by atoms with Crippen molar-refractivity contribution < 1.29 is 9.26 Å². The third-order valence-electron chi connectivity index (χ3n) is 4.14. The van der Waals surface area contributed by atoms with Crippen molar-refractivity contribution >= 4 is 0 Å². The summed E-state index contributed by atoms with van der Waals surface area (Å²) in [5.74, 6) is 1.35. The van der Waals surface area contributed by atoms with Gasteiger partial charge in [0.15, 0.2) is 0 Å². The van der Waals surface area contributed by atoms with E-state index in [-0.39, 0.29) is 11.5 Å². The van der Waals surface area contributed by atoms with E-state index in [2.05, 4.69) is 48.1 Å². The maximum Gasteiger partial charge on any atom is 0.228 e. The van der Waals surface area contributed by atoms with Crippen LogP contribution in [0.25, 0.3) is 0 Å². The molecule has 0 radical (unpaired) electrons. The van der Waals surface area contributed by atoms with Crippen molar-refractivity contribution in [2.75, 3.05) is 33.3 Å². The Hall–Kier alpha value is -0.980. The lowest BCUT2D eigenvalue weighted by Gasteiger charge is -2.30. The minimum atomic E-state index is -0.0705. The number of hydrogen-bond donors (Lipinski definition) is 1. The molecular formula is C15H28N4O2. The van der Waals surface area contributed by atoms with Gasteiger partial charge in [-0.2, -0.15) is 4.98 Å². The fourth-order valence-corrected chi connectivity index (χ4v) is 2.64. The summed E-state index contributed by atoms with van der Waals surface area (Å²) in [6.07, 6.45) is 0.663. The van der Waals surface area contributed by atoms with Crippen LogP contribution in [0.5, 0.6) is 0 Å². The summed E-state index contributed by atoms with van der Waals surface area (Å²) < 4.78 is 11.2. The molecule has 1 aliphatic rings. The summed E-state index contributed by atoms with van der Waals surface area (Å²) >= 11 is 0. The molecule has 1 fully saturated rings. The molecule has 0 aromatic carbocycles.